The first-order valence-electron chi connectivity index (χ1n) is 7.53. The molecule has 1 heterocycles. The number of likely N-dealkylation sites (tertiary alicyclic amines) is 1. The average Bonchev–Trinajstić information content (AvgIpc) is 2.47. The summed E-state index contributed by atoms with van der Waals surface area (Å²) in [4.78, 5) is 14.3. The van der Waals surface area contributed by atoms with Gasteiger partial charge in [0.2, 0.25) is 5.91 Å². The van der Waals surface area contributed by atoms with E-state index < -0.39 is 15.4 Å². The molecule has 6 heteroatoms. The van der Waals surface area contributed by atoms with E-state index in [1.165, 1.54) is 12.1 Å². The molecule has 1 amide bonds. The summed E-state index contributed by atoms with van der Waals surface area (Å²) in [5.74, 6) is -0.0290. The van der Waals surface area contributed by atoms with Crippen molar-refractivity contribution in [1.29, 1.82) is 0 Å². The molecular formula is C16H23NO4S. The highest BCUT2D eigenvalue weighted by molar-refractivity contribution is 7.90. The first kappa shape index (κ1) is 17.0. The summed E-state index contributed by atoms with van der Waals surface area (Å²) in [6.45, 7) is 2.98. The number of piperidine rings is 1. The summed E-state index contributed by atoms with van der Waals surface area (Å²) < 4.78 is 22.8. The van der Waals surface area contributed by atoms with Crippen LogP contribution in [-0.2, 0) is 21.1 Å². The zero-order valence-electron chi connectivity index (χ0n) is 13.1. The van der Waals surface area contributed by atoms with Crippen molar-refractivity contribution in [3.8, 4) is 0 Å². The monoisotopic (exact) mass is 325 g/mol. The number of nitrogens with zero attached hydrogens (tertiary/aromatic N) is 1. The number of rotatable bonds is 4. The lowest BCUT2D eigenvalue weighted by atomic mass is 9.90. The fourth-order valence-corrected chi connectivity index (χ4v) is 3.39. The maximum absolute atomic E-state index is 12.3. The summed E-state index contributed by atoms with van der Waals surface area (Å²) in [6, 6.07) is 6.39. The molecule has 2 rings (SSSR count). The Morgan fingerprint density at radius 1 is 1.32 bits per heavy atom. The predicted molar refractivity (Wildman–Crippen MR) is 84.3 cm³/mol. The normalized spacial score (nSPS) is 22.6. The van der Waals surface area contributed by atoms with Crippen molar-refractivity contribution < 1.29 is 18.3 Å². The highest BCUT2D eigenvalue weighted by atomic mass is 32.2. The molecule has 22 heavy (non-hydrogen) atoms. The van der Waals surface area contributed by atoms with Gasteiger partial charge < -0.3 is 10.0 Å². The van der Waals surface area contributed by atoms with E-state index in [0.29, 0.717) is 19.5 Å². The highest BCUT2D eigenvalue weighted by Crippen LogP contribution is 2.24. The maximum Gasteiger partial charge on any atom is 0.227 e. The number of benzene rings is 1. The molecule has 1 saturated heterocycles. The fourth-order valence-electron chi connectivity index (χ4n) is 2.75. The Kier molecular flexibility index (Phi) is 4.92. The Balaban J connectivity index is 2.03. The fraction of sp³-hybridized carbons (Fsp3) is 0.562. The Hall–Kier alpha value is -1.40. The molecule has 5 nitrogen and oxygen atoms in total. The number of carbonyl (C=O) groups excluding carboxylic acids is 1. The zero-order valence-corrected chi connectivity index (χ0v) is 13.9. The summed E-state index contributed by atoms with van der Waals surface area (Å²) in [5.41, 5.74) is 0.0108. The summed E-state index contributed by atoms with van der Waals surface area (Å²) >= 11 is 0. The van der Waals surface area contributed by atoms with Crippen molar-refractivity contribution in [2.24, 2.45) is 0 Å². The van der Waals surface area contributed by atoms with Crippen LogP contribution in [-0.4, -0.2) is 49.3 Å². The van der Waals surface area contributed by atoms with Crippen molar-refractivity contribution in [3.63, 3.8) is 0 Å². The van der Waals surface area contributed by atoms with Crippen molar-refractivity contribution in [3.05, 3.63) is 29.8 Å². The molecule has 1 atom stereocenters. The van der Waals surface area contributed by atoms with Crippen LogP contribution in [0.1, 0.15) is 31.7 Å². The second kappa shape index (κ2) is 6.38. The zero-order chi connectivity index (χ0) is 16.4. The van der Waals surface area contributed by atoms with Crippen LogP contribution in [0.3, 0.4) is 0 Å². The number of β-amino-alcohol motifs (C(OH)–C–C–N with tert-alkyl or cyclic N) is 1. The molecule has 0 aliphatic carbocycles. The predicted octanol–water partition coefficient (Wildman–Crippen LogP) is 1.40. The van der Waals surface area contributed by atoms with Crippen molar-refractivity contribution in [2.45, 2.75) is 43.1 Å². The van der Waals surface area contributed by atoms with Gasteiger partial charge in [0, 0.05) is 19.3 Å². The molecule has 1 aromatic rings. The lowest BCUT2D eigenvalue weighted by Crippen LogP contribution is -2.50. The van der Waals surface area contributed by atoms with E-state index in [1.807, 2.05) is 6.92 Å². The largest absolute Gasteiger partial charge is 0.388 e. The molecule has 0 bridgehead atoms. The van der Waals surface area contributed by atoms with Crippen LogP contribution in [0, 0.1) is 0 Å². The Labute approximate surface area is 131 Å². The first-order valence-corrected chi connectivity index (χ1v) is 9.42. The molecule has 1 N–H and O–H groups in total. The van der Waals surface area contributed by atoms with E-state index in [0.717, 1.165) is 24.7 Å². The SMILES string of the molecule is CC[C@@]1(O)CCCN(C(=O)Cc2ccc(S(C)(=O)=O)cc2)C1. The van der Waals surface area contributed by atoms with E-state index in [2.05, 4.69) is 0 Å². The maximum atomic E-state index is 12.3. The minimum absolute atomic E-state index is 0.0290. The molecule has 122 valence electrons. The third kappa shape index (κ3) is 4.08. The number of sulfone groups is 1. The third-order valence-corrected chi connectivity index (χ3v) is 5.40. The van der Waals surface area contributed by atoms with Gasteiger partial charge in [0.25, 0.3) is 0 Å². The van der Waals surface area contributed by atoms with Crippen molar-refractivity contribution in [2.75, 3.05) is 19.3 Å². The third-order valence-electron chi connectivity index (χ3n) is 4.27. The van der Waals surface area contributed by atoms with Gasteiger partial charge in [0.1, 0.15) is 0 Å². The van der Waals surface area contributed by atoms with E-state index in [1.54, 1.807) is 17.0 Å². The van der Waals surface area contributed by atoms with Gasteiger partial charge in [0.15, 0.2) is 9.84 Å². The lowest BCUT2D eigenvalue weighted by Gasteiger charge is -2.38. The molecule has 1 aliphatic rings. The number of carbonyl (C=O) groups is 1. The number of hydrogen-bond acceptors (Lipinski definition) is 4. The second-order valence-electron chi connectivity index (χ2n) is 6.09. The molecule has 0 aromatic heterocycles. The molecule has 1 aromatic carbocycles. The van der Waals surface area contributed by atoms with Gasteiger partial charge >= 0.3 is 0 Å². The van der Waals surface area contributed by atoms with Crippen LogP contribution in [0.2, 0.25) is 0 Å². The number of aliphatic hydroxyl groups is 1. The van der Waals surface area contributed by atoms with Crippen LogP contribution in [0.15, 0.2) is 29.2 Å². The highest BCUT2D eigenvalue weighted by Gasteiger charge is 2.33. The lowest BCUT2D eigenvalue weighted by molar-refractivity contribution is -0.137. The smallest absolute Gasteiger partial charge is 0.227 e. The summed E-state index contributed by atoms with van der Waals surface area (Å²) in [7, 11) is -3.22. The molecule has 1 aliphatic heterocycles. The molecule has 0 saturated carbocycles. The molecule has 1 fully saturated rings. The standard InChI is InChI=1S/C16H23NO4S/c1-3-16(19)9-4-10-17(12-16)15(18)11-13-5-7-14(8-6-13)22(2,20)21/h5-8,19H,3-4,9-12H2,1-2H3/t16-/m1/s1. The second-order valence-corrected chi connectivity index (χ2v) is 8.11. The first-order chi connectivity index (χ1) is 10.2. The van der Waals surface area contributed by atoms with Gasteiger partial charge in [-0.05, 0) is 37.0 Å². The number of amides is 1. The van der Waals surface area contributed by atoms with Gasteiger partial charge in [-0.15, -0.1) is 0 Å². The molecule has 0 unspecified atom stereocenters. The van der Waals surface area contributed by atoms with Crippen LogP contribution < -0.4 is 0 Å². The van der Waals surface area contributed by atoms with E-state index in [-0.39, 0.29) is 17.2 Å². The van der Waals surface area contributed by atoms with Gasteiger partial charge in [-0.3, -0.25) is 4.79 Å². The summed E-state index contributed by atoms with van der Waals surface area (Å²) in [5, 5.41) is 10.3. The van der Waals surface area contributed by atoms with Crippen LogP contribution in [0.4, 0.5) is 0 Å². The number of hydrogen-bond donors (Lipinski definition) is 1. The van der Waals surface area contributed by atoms with Crippen LogP contribution in [0.25, 0.3) is 0 Å². The topological polar surface area (TPSA) is 74.7 Å². The summed E-state index contributed by atoms with van der Waals surface area (Å²) in [6.07, 6.45) is 3.57. The molecular weight excluding hydrogens is 302 g/mol. The Morgan fingerprint density at radius 2 is 1.95 bits per heavy atom. The van der Waals surface area contributed by atoms with Crippen molar-refractivity contribution >= 4 is 15.7 Å². The molecule has 0 radical (unpaired) electrons. The van der Waals surface area contributed by atoms with E-state index in [4.69, 9.17) is 0 Å². The quantitative estimate of drug-likeness (QED) is 0.908. The van der Waals surface area contributed by atoms with Gasteiger partial charge in [-0.2, -0.15) is 0 Å². The minimum Gasteiger partial charge on any atom is -0.388 e. The Morgan fingerprint density at radius 3 is 2.50 bits per heavy atom. The molecule has 0 spiro atoms. The van der Waals surface area contributed by atoms with Crippen LogP contribution in [0.5, 0.6) is 0 Å². The van der Waals surface area contributed by atoms with E-state index in [9.17, 15) is 18.3 Å². The van der Waals surface area contributed by atoms with Crippen molar-refractivity contribution in [1.82, 2.24) is 4.90 Å². The van der Waals surface area contributed by atoms with E-state index >= 15 is 0 Å². The van der Waals surface area contributed by atoms with Crippen LogP contribution >= 0.6 is 0 Å². The van der Waals surface area contributed by atoms with Gasteiger partial charge in [-0.1, -0.05) is 19.1 Å². The minimum atomic E-state index is -3.22. The van der Waals surface area contributed by atoms with Gasteiger partial charge in [-0.25, -0.2) is 8.42 Å². The average molecular weight is 325 g/mol. The van der Waals surface area contributed by atoms with Gasteiger partial charge in [0.05, 0.1) is 16.9 Å². The Bertz CT molecular complexity index is 639.